The third-order valence-corrected chi connectivity index (χ3v) is 12.2. The molecule has 1 aliphatic rings. The lowest BCUT2D eigenvalue weighted by atomic mass is 9.89. The van der Waals surface area contributed by atoms with Crippen molar-refractivity contribution in [3.8, 4) is 0 Å². The van der Waals surface area contributed by atoms with Gasteiger partial charge in [0.15, 0.2) is 0 Å². The van der Waals surface area contributed by atoms with Crippen LogP contribution in [0.4, 0.5) is 0 Å². The Labute approximate surface area is 358 Å². The van der Waals surface area contributed by atoms with E-state index in [1.165, 1.54) is 19.1 Å². The summed E-state index contributed by atoms with van der Waals surface area (Å²) in [5.41, 5.74) is 6.38. The van der Waals surface area contributed by atoms with Gasteiger partial charge in [0.2, 0.25) is 29.5 Å². The van der Waals surface area contributed by atoms with Crippen LogP contribution in [-0.2, 0) is 44.7 Å². The Balaban J connectivity index is 2.27. The minimum Gasteiger partial charge on any atom is -0.480 e. The Morgan fingerprint density at radius 2 is 1.53 bits per heavy atom. The van der Waals surface area contributed by atoms with Gasteiger partial charge in [-0.05, 0) is 55.5 Å². The molecule has 1 aliphatic heterocycles. The van der Waals surface area contributed by atoms with Gasteiger partial charge in [0, 0.05) is 47.7 Å². The molecule has 1 aromatic carbocycles. The molecule has 0 radical (unpaired) electrons. The summed E-state index contributed by atoms with van der Waals surface area (Å²) in [5, 5.41) is 15.6. The maximum absolute atomic E-state index is 14.5. The molecule has 0 saturated carbocycles. The molecule has 1 fully saturated rings. The van der Waals surface area contributed by atoms with Crippen LogP contribution in [0.15, 0.2) is 30.3 Å². The van der Waals surface area contributed by atoms with Gasteiger partial charge >= 0.3 is 5.97 Å². The normalized spacial score (nSPS) is 18.2. The van der Waals surface area contributed by atoms with Gasteiger partial charge in [-0.15, -0.1) is 0 Å². The number of carbonyl (C=O) groups is 6. The van der Waals surface area contributed by atoms with Gasteiger partial charge < -0.3 is 45.6 Å². The minimum atomic E-state index is -1.15. The van der Waals surface area contributed by atoms with E-state index in [1.807, 2.05) is 59.7 Å². The Kier molecular flexibility index (Phi) is 22.2. The van der Waals surface area contributed by atoms with Crippen LogP contribution in [0.25, 0.3) is 0 Å². The molecule has 5 amide bonds. The first kappa shape index (κ1) is 52.1. The lowest BCUT2D eigenvalue weighted by molar-refractivity contribution is -0.149. The number of nitrogens with one attached hydrogen (secondary N) is 2. The Morgan fingerprint density at radius 1 is 0.883 bits per heavy atom. The second-order valence-electron chi connectivity index (χ2n) is 17.2. The molecule has 0 aliphatic carbocycles. The number of nitrogens with zero attached hydrogens (tertiary/aromatic N) is 3. The SMILES string of the molecule is CC[C@H](C)[C@@H]([C@@H](CC(=O)N1CCC[C@H]1[C@H](OC)[C@@H](C)C(=O)N[C@@H](Cc1ccccc1)C(=O)O)OC)N(C)C(=O)[C@@H](NC(=O)[C@H](C(C)C)N(C)C(=O)CCCCCN)C(C)C. The number of hydrogen-bond donors (Lipinski definition) is 4. The van der Waals surface area contributed by atoms with Crippen LogP contribution in [0.2, 0.25) is 0 Å². The monoisotopic (exact) mass is 845 g/mol. The van der Waals surface area contributed by atoms with Crippen molar-refractivity contribution >= 4 is 35.5 Å². The topological polar surface area (TPSA) is 201 Å². The van der Waals surface area contributed by atoms with Gasteiger partial charge in [0.1, 0.15) is 18.1 Å². The summed E-state index contributed by atoms with van der Waals surface area (Å²) in [6, 6.07) is 5.22. The molecule has 15 heteroatoms. The summed E-state index contributed by atoms with van der Waals surface area (Å²) in [6.07, 6.45) is 3.21. The van der Waals surface area contributed by atoms with E-state index in [9.17, 15) is 33.9 Å². The number of hydrogen-bond acceptors (Lipinski definition) is 9. The van der Waals surface area contributed by atoms with E-state index in [2.05, 4.69) is 10.6 Å². The number of amides is 5. The summed E-state index contributed by atoms with van der Waals surface area (Å²) >= 11 is 0. The number of nitrogens with two attached hydrogens (primary N) is 1. The van der Waals surface area contributed by atoms with E-state index < -0.39 is 66.1 Å². The maximum Gasteiger partial charge on any atom is 0.326 e. The number of ether oxygens (including phenoxy) is 2. The predicted molar refractivity (Wildman–Crippen MR) is 232 cm³/mol. The van der Waals surface area contributed by atoms with Crippen molar-refractivity contribution < 1.29 is 43.3 Å². The molecular formula is C45H76N6O9. The van der Waals surface area contributed by atoms with Gasteiger partial charge in [-0.25, -0.2) is 4.79 Å². The number of benzene rings is 1. The van der Waals surface area contributed by atoms with Crippen LogP contribution < -0.4 is 16.4 Å². The molecule has 60 heavy (non-hydrogen) atoms. The average molecular weight is 845 g/mol. The van der Waals surface area contributed by atoms with E-state index in [-0.39, 0.29) is 48.3 Å². The molecule has 15 nitrogen and oxygen atoms in total. The Morgan fingerprint density at radius 3 is 2.07 bits per heavy atom. The first-order valence-corrected chi connectivity index (χ1v) is 21.8. The average Bonchev–Trinajstić information content (AvgIpc) is 3.70. The second kappa shape index (κ2) is 25.6. The molecule has 0 aromatic heterocycles. The standard InChI is InChI=1S/C45H76N6O9/c1-12-30(6)40(50(9)44(56)38(28(2)3)48-43(55)39(29(4)5)49(8)36(52)23-17-14-18-24-46)35(59-10)27-37(53)51-25-19-22-34(51)41(60-11)31(7)42(54)47-33(45(57)58)26-32-20-15-13-16-21-32/h13,15-16,20-21,28-31,33-35,38-41H,12,14,17-19,22-27,46H2,1-11H3,(H,47,54)(H,48,55)(H,57,58)/t30-,31+,33-,34-,35+,38-,39-,40-,41+/m0/s1. The summed E-state index contributed by atoms with van der Waals surface area (Å²) in [5.74, 6) is -4.14. The number of unbranched alkanes of at least 4 members (excludes halogenated alkanes) is 2. The molecule has 0 spiro atoms. The third-order valence-electron chi connectivity index (χ3n) is 12.2. The number of rotatable bonds is 26. The number of methoxy groups -OCH3 is 2. The lowest BCUT2D eigenvalue weighted by Crippen LogP contribution is -2.60. The molecule has 340 valence electrons. The molecule has 9 atom stereocenters. The zero-order valence-corrected chi connectivity index (χ0v) is 38.1. The van der Waals surface area contributed by atoms with Gasteiger partial charge in [0.05, 0.1) is 36.6 Å². The second-order valence-corrected chi connectivity index (χ2v) is 17.2. The van der Waals surface area contributed by atoms with E-state index in [0.717, 1.165) is 18.4 Å². The first-order chi connectivity index (χ1) is 28.4. The quantitative estimate of drug-likeness (QED) is 0.0994. The van der Waals surface area contributed by atoms with Crippen LogP contribution in [-0.4, -0.2) is 139 Å². The summed E-state index contributed by atoms with van der Waals surface area (Å²) < 4.78 is 11.9. The molecule has 1 heterocycles. The number of likely N-dealkylation sites (N-methyl/N-ethyl adjacent to an activating group) is 2. The minimum absolute atomic E-state index is 0.0544. The highest BCUT2D eigenvalue weighted by Crippen LogP contribution is 2.30. The van der Waals surface area contributed by atoms with Crippen molar-refractivity contribution in [2.45, 2.75) is 149 Å². The van der Waals surface area contributed by atoms with Crippen LogP contribution in [0.3, 0.4) is 0 Å². The van der Waals surface area contributed by atoms with Crippen molar-refractivity contribution in [2.75, 3.05) is 41.4 Å². The molecule has 0 bridgehead atoms. The fourth-order valence-electron chi connectivity index (χ4n) is 8.49. The fraction of sp³-hybridized carbons (Fsp3) is 0.733. The van der Waals surface area contributed by atoms with Gasteiger partial charge in [-0.1, -0.05) is 91.6 Å². The highest BCUT2D eigenvalue weighted by Gasteiger charge is 2.43. The van der Waals surface area contributed by atoms with Gasteiger partial charge in [-0.2, -0.15) is 0 Å². The van der Waals surface area contributed by atoms with E-state index in [1.54, 1.807) is 43.0 Å². The van der Waals surface area contributed by atoms with Crippen molar-refractivity contribution in [1.82, 2.24) is 25.3 Å². The summed E-state index contributed by atoms with van der Waals surface area (Å²) in [6.45, 7) is 14.1. The maximum atomic E-state index is 14.5. The number of carboxylic acid groups (broad SMARTS) is 1. The van der Waals surface area contributed by atoms with Crippen LogP contribution in [0.5, 0.6) is 0 Å². The smallest absolute Gasteiger partial charge is 0.326 e. The number of likely N-dealkylation sites (tertiary alicyclic amines) is 1. The van der Waals surface area contributed by atoms with Crippen LogP contribution in [0, 0.1) is 23.7 Å². The van der Waals surface area contributed by atoms with Gasteiger partial charge in [0.25, 0.3) is 0 Å². The fourth-order valence-corrected chi connectivity index (χ4v) is 8.49. The molecule has 1 aromatic rings. The third kappa shape index (κ3) is 14.5. The largest absolute Gasteiger partial charge is 0.480 e. The van der Waals surface area contributed by atoms with E-state index in [4.69, 9.17) is 15.2 Å². The Bertz CT molecular complexity index is 1530. The number of aliphatic carboxylic acids is 1. The lowest BCUT2D eigenvalue weighted by Gasteiger charge is -2.41. The summed E-state index contributed by atoms with van der Waals surface area (Å²) in [4.78, 5) is 86.2. The molecule has 2 rings (SSSR count). The molecule has 1 saturated heterocycles. The van der Waals surface area contributed by atoms with Gasteiger partial charge in [-0.3, -0.25) is 24.0 Å². The summed E-state index contributed by atoms with van der Waals surface area (Å²) in [7, 11) is 6.31. The highest BCUT2D eigenvalue weighted by molar-refractivity contribution is 5.92. The van der Waals surface area contributed by atoms with E-state index in [0.29, 0.717) is 45.2 Å². The number of carboxylic acids is 1. The van der Waals surface area contributed by atoms with Crippen molar-refractivity contribution in [3.05, 3.63) is 35.9 Å². The van der Waals surface area contributed by atoms with Crippen molar-refractivity contribution in [3.63, 3.8) is 0 Å². The highest BCUT2D eigenvalue weighted by atomic mass is 16.5. The zero-order chi connectivity index (χ0) is 45.3. The van der Waals surface area contributed by atoms with Crippen molar-refractivity contribution in [1.29, 1.82) is 0 Å². The molecule has 0 unspecified atom stereocenters. The molecule has 5 N–H and O–H groups in total. The zero-order valence-electron chi connectivity index (χ0n) is 38.1. The van der Waals surface area contributed by atoms with Crippen LogP contribution in [0.1, 0.15) is 105 Å². The number of carbonyl (C=O) groups excluding carboxylic acids is 5. The van der Waals surface area contributed by atoms with E-state index >= 15 is 0 Å². The Hall–Kier alpha value is -4.08. The predicted octanol–water partition coefficient (Wildman–Crippen LogP) is 3.86. The first-order valence-electron chi connectivity index (χ1n) is 21.8. The van der Waals surface area contributed by atoms with Crippen molar-refractivity contribution in [2.24, 2.45) is 29.4 Å². The van der Waals surface area contributed by atoms with Crippen LogP contribution >= 0.6 is 0 Å². The molecular weight excluding hydrogens is 769 g/mol.